The van der Waals surface area contributed by atoms with Crippen LogP contribution in [-0.2, 0) is 9.53 Å². The zero-order valence-corrected chi connectivity index (χ0v) is 13.0. The first-order chi connectivity index (χ1) is 9.94. The summed E-state index contributed by atoms with van der Waals surface area (Å²) in [6.45, 7) is 4.40. The molecule has 0 radical (unpaired) electrons. The number of hydrogen-bond acceptors (Lipinski definition) is 5. The molecule has 1 rings (SSSR count). The van der Waals surface area contributed by atoms with Crippen LogP contribution in [0.2, 0.25) is 0 Å². The van der Waals surface area contributed by atoms with E-state index in [-0.39, 0.29) is 11.5 Å². The van der Waals surface area contributed by atoms with Gasteiger partial charge in [-0.3, -0.25) is 0 Å². The van der Waals surface area contributed by atoms with Gasteiger partial charge in [-0.1, -0.05) is 0 Å². The second-order valence-electron chi connectivity index (χ2n) is 5.69. The number of carbonyl (C=O) groups is 1. The van der Waals surface area contributed by atoms with Gasteiger partial charge in [-0.15, -0.1) is 0 Å². The highest BCUT2D eigenvalue weighted by Crippen LogP contribution is 2.21. The molecule has 0 aromatic heterocycles. The smallest absolute Gasteiger partial charge is 0.361 e. The molecule has 6 nitrogen and oxygen atoms in total. The summed E-state index contributed by atoms with van der Waals surface area (Å²) in [5, 5.41) is 17.6. The summed E-state index contributed by atoms with van der Waals surface area (Å²) in [4.78, 5) is 13.6. The van der Waals surface area contributed by atoms with Gasteiger partial charge >= 0.3 is 5.97 Å². The van der Waals surface area contributed by atoms with Gasteiger partial charge in [0.05, 0.1) is 26.7 Å². The number of esters is 1. The molecule has 0 amide bonds. The highest BCUT2D eigenvalue weighted by Gasteiger charge is 2.33. The number of ether oxygens (including phenoxy) is 1. The average molecular weight is 291 g/mol. The molecule has 21 heavy (non-hydrogen) atoms. The molecule has 0 atom stereocenters. The third kappa shape index (κ3) is 5.09. The van der Waals surface area contributed by atoms with Gasteiger partial charge in [0.15, 0.2) is 6.54 Å². The molecule has 6 heteroatoms. The Balaban J connectivity index is 2.56. The number of nitriles is 2. The lowest BCUT2D eigenvalue weighted by Gasteiger charge is -2.42. The van der Waals surface area contributed by atoms with Crippen molar-refractivity contribution in [1.29, 1.82) is 10.5 Å². The Hall–Kier alpha value is -2.05. The van der Waals surface area contributed by atoms with Crippen molar-refractivity contribution in [2.24, 2.45) is 0 Å². The van der Waals surface area contributed by atoms with Crippen LogP contribution in [0.4, 0.5) is 0 Å². The van der Waals surface area contributed by atoms with Crippen molar-refractivity contribution in [2.45, 2.75) is 25.8 Å². The third-order valence-electron chi connectivity index (χ3n) is 3.97. The van der Waals surface area contributed by atoms with E-state index in [9.17, 15) is 4.79 Å². The molecular weight excluding hydrogens is 268 g/mol. The number of quaternary nitrogens is 1. The fourth-order valence-corrected chi connectivity index (χ4v) is 2.65. The number of rotatable bonds is 5. The van der Waals surface area contributed by atoms with E-state index < -0.39 is 0 Å². The minimum atomic E-state index is -0.150. The van der Waals surface area contributed by atoms with Gasteiger partial charge in [0.25, 0.3) is 0 Å². The number of allylic oxidation sites excluding steroid dienone is 1. The van der Waals surface area contributed by atoms with E-state index in [0.29, 0.717) is 23.7 Å². The molecule has 1 saturated heterocycles. The van der Waals surface area contributed by atoms with Gasteiger partial charge < -0.3 is 14.1 Å². The van der Waals surface area contributed by atoms with Crippen LogP contribution in [0.3, 0.4) is 0 Å². The van der Waals surface area contributed by atoms with E-state index in [1.165, 1.54) is 0 Å². The van der Waals surface area contributed by atoms with Gasteiger partial charge in [0.2, 0.25) is 0 Å². The lowest BCUT2D eigenvalue weighted by Crippen LogP contribution is -2.55. The van der Waals surface area contributed by atoms with Crippen LogP contribution in [-0.4, -0.2) is 61.7 Å². The third-order valence-corrected chi connectivity index (χ3v) is 3.97. The number of likely N-dealkylation sites (tertiary alicyclic amines) is 1. The average Bonchev–Trinajstić information content (AvgIpc) is 2.45. The maximum absolute atomic E-state index is 11.6. The van der Waals surface area contributed by atoms with Gasteiger partial charge in [-0.2, -0.15) is 10.5 Å². The number of likely N-dealkylation sites (N-methyl/N-ethyl adjacent to an activating group) is 1. The van der Waals surface area contributed by atoms with Crippen LogP contribution in [0.5, 0.6) is 0 Å². The molecule has 1 aliphatic heterocycles. The molecule has 0 spiro atoms. The van der Waals surface area contributed by atoms with Gasteiger partial charge in [0, 0.05) is 32.1 Å². The molecule has 0 aromatic rings. The van der Waals surface area contributed by atoms with Gasteiger partial charge in [0.1, 0.15) is 17.7 Å². The molecule has 0 saturated carbocycles. The Bertz CT molecular complexity index is 463. The molecule has 0 aliphatic carbocycles. The normalized spacial score (nSPS) is 24.3. The Kier molecular flexibility index (Phi) is 6.20. The Morgan fingerprint density at radius 1 is 1.38 bits per heavy atom. The fourth-order valence-electron chi connectivity index (χ4n) is 2.65. The van der Waals surface area contributed by atoms with Crippen LogP contribution >= 0.6 is 0 Å². The van der Waals surface area contributed by atoms with Crippen LogP contribution in [0.15, 0.2) is 11.8 Å². The predicted octanol–water partition coefficient (Wildman–Crippen LogP) is 1.02. The van der Waals surface area contributed by atoms with Gasteiger partial charge in [-0.25, -0.2) is 4.79 Å². The van der Waals surface area contributed by atoms with Crippen molar-refractivity contribution >= 4 is 5.97 Å². The van der Waals surface area contributed by atoms with E-state index in [1.807, 2.05) is 31.0 Å². The molecule has 0 bridgehead atoms. The summed E-state index contributed by atoms with van der Waals surface area (Å²) in [6, 6.07) is 4.04. The SMILES string of the molecule is CCOC(=O)C[N+]1(C)CCC(N(C)C=C(C#N)C#N)CC1. The number of piperidine rings is 1. The number of carbonyl (C=O) groups excluding carboxylic acids is 1. The zero-order valence-electron chi connectivity index (χ0n) is 13.0. The molecule has 0 N–H and O–H groups in total. The molecule has 1 fully saturated rings. The van der Waals surface area contributed by atoms with E-state index in [4.69, 9.17) is 15.3 Å². The topological polar surface area (TPSA) is 77.1 Å². The molecule has 1 heterocycles. The second kappa shape index (κ2) is 7.66. The summed E-state index contributed by atoms with van der Waals surface area (Å²) < 4.78 is 5.71. The van der Waals surface area contributed by atoms with Crippen molar-refractivity contribution in [3.8, 4) is 12.1 Å². The Morgan fingerprint density at radius 2 is 1.95 bits per heavy atom. The fraction of sp³-hybridized carbons (Fsp3) is 0.667. The molecule has 0 unspecified atom stereocenters. The van der Waals surface area contributed by atoms with E-state index >= 15 is 0 Å². The maximum Gasteiger partial charge on any atom is 0.361 e. The zero-order chi connectivity index (χ0) is 15.9. The number of nitrogens with zero attached hydrogens (tertiary/aromatic N) is 4. The van der Waals surface area contributed by atoms with Crippen LogP contribution in [0, 0.1) is 22.7 Å². The lowest BCUT2D eigenvalue weighted by atomic mass is 10.0. The molecular formula is C15H23N4O2+. The minimum Gasteiger partial charge on any atom is -0.462 e. The van der Waals surface area contributed by atoms with Crippen molar-refractivity contribution in [1.82, 2.24) is 4.90 Å². The highest BCUT2D eigenvalue weighted by atomic mass is 16.5. The standard InChI is InChI=1S/C15H23N4O2/c1-4-21-15(20)12-19(3)7-5-14(6-8-19)18(2)11-13(9-16)10-17/h11,14H,4-8,12H2,1-3H3/q+1. The first-order valence-electron chi connectivity index (χ1n) is 7.17. The van der Waals surface area contributed by atoms with Crippen molar-refractivity contribution in [3.63, 3.8) is 0 Å². The summed E-state index contributed by atoms with van der Waals surface area (Å²) >= 11 is 0. The monoisotopic (exact) mass is 291 g/mol. The van der Waals surface area contributed by atoms with E-state index in [2.05, 4.69) is 7.05 Å². The maximum atomic E-state index is 11.6. The van der Waals surface area contributed by atoms with Crippen LogP contribution < -0.4 is 0 Å². The van der Waals surface area contributed by atoms with Crippen LogP contribution in [0.1, 0.15) is 19.8 Å². The highest BCUT2D eigenvalue weighted by molar-refractivity contribution is 5.70. The van der Waals surface area contributed by atoms with Crippen molar-refractivity contribution in [2.75, 3.05) is 40.3 Å². The van der Waals surface area contributed by atoms with Crippen molar-refractivity contribution in [3.05, 3.63) is 11.8 Å². The summed E-state index contributed by atoms with van der Waals surface area (Å²) in [5.74, 6) is -0.150. The second-order valence-corrected chi connectivity index (χ2v) is 5.69. The minimum absolute atomic E-state index is 0.117. The number of hydrogen-bond donors (Lipinski definition) is 0. The summed E-state index contributed by atoms with van der Waals surface area (Å²) in [6.07, 6.45) is 3.45. The summed E-state index contributed by atoms with van der Waals surface area (Å²) in [5.41, 5.74) is 0.117. The Labute approximate surface area is 126 Å². The van der Waals surface area contributed by atoms with E-state index in [0.717, 1.165) is 25.9 Å². The molecule has 1 aliphatic rings. The first kappa shape index (κ1) is 17.0. The van der Waals surface area contributed by atoms with Crippen LogP contribution in [0.25, 0.3) is 0 Å². The quantitative estimate of drug-likeness (QED) is 0.429. The predicted molar refractivity (Wildman–Crippen MR) is 77.5 cm³/mol. The lowest BCUT2D eigenvalue weighted by molar-refractivity contribution is -0.907. The molecule has 114 valence electrons. The summed E-state index contributed by atoms with van der Waals surface area (Å²) in [7, 11) is 3.96. The van der Waals surface area contributed by atoms with Crippen molar-refractivity contribution < 1.29 is 14.0 Å². The first-order valence-corrected chi connectivity index (χ1v) is 7.17. The Morgan fingerprint density at radius 3 is 2.43 bits per heavy atom. The van der Waals surface area contributed by atoms with E-state index in [1.54, 1.807) is 6.20 Å². The largest absolute Gasteiger partial charge is 0.462 e. The molecule has 0 aromatic carbocycles. The van der Waals surface area contributed by atoms with Gasteiger partial charge in [-0.05, 0) is 6.92 Å².